The highest BCUT2D eigenvalue weighted by molar-refractivity contribution is 5.88. The number of H-pyrrole nitrogens is 1. The van der Waals surface area contributed by atoms with Crippen LogP contribution in [-0.2, 0) is 24.1 Å². The smallest absolute Gasteiger partial charge is 0.248 e. The lowest BCUT2D eigenvalue weighted by Gasteiger charge is -2.01. The lowest BCUT2D eigenvalue weighted by molar-refractivity contribution is -0.116. The van der Waals surface area contributed by atoms with Gasteiger partial charge in [0.15, 0.2) is 0 Å². The highest BCUT2D eigenvalue weighted by Gasteiger charge is 2.08. The van der Waals surface area contributed by atoms with Crippen LogP contribution in [0.1, 0.15) is 23.4 Å². The van der Waals surface area contributed by atoms with Crippen molar-refractivity contribution in [3.8, 4) is 0 Å². The molecule has 2 aromatic carbocycles. The summed E-state index contributed by atoms with van der Waals surface area (Å²) in [6.45, 7) is 0. The van der Waals surface area contributed by atoms with Gasteiger partial charge in [-0.25, -0.2) is 0 Å². The number of nitrogens with one attached hydrogen (secondary N) is 2. The molecule has 0 atom stereocenters. The first-order valence-corrected chi connectivity index (χ1v) is 8.08. The number of benzene rings is 2. The zero-order valence-corrected chi connectivity index (χ0v) is 13.4. The minimum absolute atomic E-state index is 0.0764. The Morgan fingerprint density at radius 2 is 1.50 bits per heavy atom. The summed E-state index contributed by atoms with van der Waals surface area (Å²) in [5.41, 5.74) is 2.40. The lowest BCUT2D eigenvalue weighted by Crippen LogP contribution is -2.13. The van der Waals surface area contributed by atoms with Gasteiger partial charge in [-0.1, -0.05) is 60.7 Å². The maximum absolute atomic E-state index is 12.0. The molecular formula is C19H20N4O. The first kappa shape index (κ1) is 15.9. The molecule has 3 aromatic rings. The molecule has 0 spiro atoms. The number of carbonyl (C=O) groups is 1. The molecule has 0 radical (unpaired) electrons. The van der Waals surface area contributed by atoms with E-state index >= 15 is 0 Å². The van der Waals surface area contributed by atoms with Crippen LogP contribution in [0.5, 0.6) is 0 Å². The first-order chi connectivity index (χ1) is 11.8. The SMILES string of the molecule is O=C(CCc1ccccc1)Nc1n[nH]c(CCc2ccccc2)n1. The van der Waals surface area contributed by atoms with Crippen LogP contribution in [-0.4, -0.2) is 21.1 Å². The van der Waals surface area contributed by atoms with Crippen molar-refractivity contribution in [2.45, 2.75) is 25.7 Å². The molecule has 24 heavy (non-hydrogen) atoms. The average Bonchev–Trinajstić information content (AvgIpc) is 3.07. The molecule has 3 rings (SSSR count). The van der Waals surface area contributed by atoms with Gasteiger partial charge >= 0.3 is 0 Å². The van der Waals surface area contributed by atoms with Gasteiger partial charge in [-0.05, 0) is 24.0 Å². The van der Waals surface area contributed by atoms with Gasteiger partial charge in [0.1, 0.15) is 5.82 Å². The summed E-state index contributed by atoms with van der Waals surface area (Å²) < 4.78 is 0. The molecule has 0 aliphatic heterocycles. The van der Waals surface area contributed by atoms with Gasteiger partial charge in [-0.2, -0.15) is 4.98 Å². The first-order valence-electron chi connectivity index (χ1n) is 8.08. The Morgan fingerprint density at radius 3 is 2.17 bits per heavy atom. The quantitative estimate of drug-likeness (QED) is 0.702. The summed E-state index contributed by atoms with van der Waals surface area (Å²) in [5, 5.41) is 9.67. The van der Waals surface area contributed by atoms with E-state index in [1.807, 2.05) is 48.5 Å². The van der Waals surface area contributed by atoms with E-state index < -0.39 is 0 Å². The van der Waals surface area contributed by atoms with Gasteiger partial charge in [-0.15, -0.1) is 5.10 Å². The molecule has 0 saturated carbocycles. The second kappa shape index (κ2) is 8.06. The number of rotatable bonds is 7. The maximum atomic E-state index is 12.0. The third-order valence-electron chi connectivity index (χ3n) is 3.76. The Hall–Kier alpha value is -2.95. The van der Waals surface area contributed by atoms with E-state index in [0.29, 0.717) is 18.8 Å². The van der Waals surface area contributed by atoms with Gasteiger partial charge < -0.3 is 0 Å². The minimum Gasteiger partial charge on any atom is -0.293 e. The number of aryl methyl sites for hydroxylation is 3. The Balaban J connectivity index is 1.46. The van der Waals surface area contributed by atoms with E-state index in [0.717, 1.165) is 24.2 Å². The van der Waals surface area contributed by atoms with E-state index in [-0.39, 0.29) is 5.91 Å². The molecule has 0 bridgehead atoms. The van der Waals surface area contributed by atoms with Crippen molar-refractivity contribution >= 4 is 11.9 Å². The van der Waals surface area contributed by atoms with Crippen molar-refractivity contribution in [3.63, 3.8) is 0 Å². The topological polar surface area (TPSA) is 70.7 Å². The summed E-state index contributed by atoms with van der Waals surface area (Å²) in [4.78, 5) is 16.3. The minimum atomic E-state index is -0.0764. The number of aromatic nitrogens is 3. The largest absolute Gasteiger partial charge is 0.293 e. The molecule has 0 saturated heterocycles. The zero-order chi connectivity index (χ0) is 16.6. The number of carbonyl (C=O) groups excluding carboxylic acids is 1. The molecule has 122 valence electrons. The van der Waals surface area contributed by atoms with Gasteiger partial charge in [-0.3, -0.25) is 15.2 Å². The highest BCUT2D eigenvalue weighted by atomic mass is 16.1. The molecule has 5 nitrogen and oxygen atoms in total. The van der Waals surface area contributed by atoms with Gasteiger partial charge in [0.05, 0.1) is 0 Å². The fourth-order valence-electron chi connectivity index (χ4n) is 2.46. The highest BCUT2D eigenvalue weighted by Crippen LogP contribution is 2.07. The summed E-state index contributed by atoms with van der Waals surface area (Å²) >= 11 is 0. The van der Waals surface area contributed by atoms with E-state index in [9.17, 15) is 4.79 Å². The summed E-state index contributed by atoms with van der Waals surface area (Å²) in [6, 6.07) is 20.2. The third kappa shape index (κ3) is 4.78. The number of nitrogens with zero attached hydrogens (tertiary/aromatic N) is 2. The predicted molar refractivity (Wildman–Crippen MR) is 93.6 cm³/mol. The molecule has 1 aromatic heterocycles. The summed E-state index contributed by atoms with van der Waals surface area (Å²) in [6.07, 6.45) is 2.77. The van der Waals surface area contributed by atoms with Crippen LogP contribution >= 0.6 is 0 Å². The standard InChI is InChI=1S/C19H20N4O/c24-18(14-12-16-9-5-2-6-10-16)21-19-20-17(22-23-19)13-11-15-7-3-1-4-8-15/h1-10H,11-14H2,(H2,20,21,22,23,24). The van der Waals surface area contributed by atoms with Crippen molar-refractivity contribution in [2.24, 2.45) is 0 Å². The molecule has 0 aliphatic carbocycles. The monoisotopic (exact) mass is 320 g/mol. The summed E-state index contributed by atoms with van der Waals surface area (Å²) in [7, 11) is 0. The van der Waals surface area contributed by atoms with Crippen LogP contribution in [0.2, 0.25) is 0 Å². The van der Waals surface area contributed by atoms with Crippen molar-refractivity contribution in [1.82, 2.24) is 15.2 Å². The fraction of sp³-hybridized carbons (Fsp3) is 0.211. The van der Waals surface area contributed by atoms with Crippen molar-refractivity contribution in [1.29, 1.82) is 0 Å². The molecule has 0 aliphatic rings. The average molecular weight is 320 g/mol. The van der Waals surface area contributed by atoms with Crippen LogP contribution in [0.15, 0.2) is 60.7 Å². The van der Waals surface area contributed by atoms with Gasteiger partial charge in [0.25, 0.3) is 0 Å². The van der Waals surface area contributed by atoms with Gasteiger partial charge in [0, 0.05) is 12.8 Å². The number of hydrogen-bond acceptors (Lipinski definition) is 3. The van der Waals surface area contributed by atoms with Crippen LogP contribution in [0, 0.1) is 0 Å². The van der Waals surface area contributed by atoms with Crippen LogP contribution in [0.3, 0.4) is 0 Å². The number of hydrogen-bond donors (Lipinski definition) is 2. The van der Waals surface area contributed by atoms with Crippen LogP contribution < -0.4 is 5.32 Å². The van der Waals surface area contributed by atoms with Crippen LogP contribution in [0.25, 0.3) is 0 Å². The van der Waals surface area contributed by atoms with E-state index in [1.54, 1.807) is 0 Å². The molecule has 2 N–H and O–H groups in total. The molecular weight excluding hydrogens is 300 g/mol. The molecule has 1 heterocycles. The predicted octanol–water partition coefficient (Wildman–Crippen LogP) is 3.16. The number of amides is 1. The zero-order valence-electron chi connectivity index (χ0n) is 13.4. The molecule has 0 fully saturated rings. The van der Waals surface area contributed by atoms with E-state index in [1.165, 1.54) is 5.56 Å². The molecule has 1 amide bonds. The van der Waals surface area contributed by atoms with Crippen molar-refractivity contribution in [3.05, 3.63) is 77.6 Å². The Labute approximate surface area is 141 Å². The number of aromatic amines is 1. The van der Waals surface area contributed by atoms with E-state index in [2.05, 4.69) is 32.6 Å². The second-order valence-electron chi connectivity index (χ2n) is 5.63. The Bertz CT molecular complexity index is 768. The summed E-state index contributed by atoms with van der Waals surface area (Å²) in [5.74, 6) is 1.04. The second-order valence-corrected chi connectivity index (χ2v) is 5.63. The third-order valence-corrected chi connectivity index (χ3v) is 3.76. The molecule has 5 heteroatoms. The maximum Gasteiger partial charge on any atom is 0.248 e. The number of anilines is 1. The van der Waals surface area contributed by atoms with Crippen LogP contribution in [0.4, 0.5) is 5.95 Å². The lowest BCUT2D eigenvalue weighted by atomic mass is 10.1. The van der Waals surface area contributed by atoms with Crippen molar-refractivity contribution in [2.75, 3.05) is 5.32 Å². The normalized spacial score (nSPS) is 10.5. The molecule has 0 unspecified atom stereocenters. The van der Waals surface area contributed by atoms with Gasteiger partial charge in [0.2, 0.25) is 11.9 Å². The van der Waals surface area contributed by atoms with Crippen molar-refractivity contribution < 1.29 is 4.79 Å². The fourth-order valence-corrected chi connectivity index (χ4v) is 2.46. The van der Waals surface area contributed by atoms with E-state index in [4.69, 9.17) is 0 Å². The Morgan fingerprint density at radius 1 is 0.875 bits per heavy atom. The Kier molecular flexibility index (Phi) is 5.35.